The molecular formula is C13H13N3O3S2. The predicted molar refractivity (Wildman–Crippen MR) is 85.5 cm³/mol. The van der Waals surface area contributed by atoms with Gasteiger partial charge in [-0.3, -0.25) is 0 Å². The number of carboxylic acids is 1. The number of thiazole rings is 1. The van der Waals surface area contributed by atoms with Crippen LogP contribution in [-0.2, 0) is 4.79 Å². The summed E-state index contributed by atoms with van der Waals surface area (Å²) in [5.41, 5.74) is 1.78. The van der Waals surface area contributed by atoms with Crippen molar-refractivity contribution in [3.8, 4) is 11.3 Å². The minimum Gasteiger partial charge on any atom is -0.480 e. The van der Waals surface area contributed by atoms with Crippen molar-refractivity contribution < 1.29 is 9.90 Å². The van der Waals surface area contributed by atoms with E-state index in [1.54, 1.807) is 0 Å². The summed E-state index contributed by atoms with van der Waals surface area (Å²) >= 11 is 2.17. The average molecular weight is 323 g/mol. The summed E-state index contributed by atoms with van der Waals surface area (Å²) in [6.07, 6.45) is 0.298. The summed E-state index contributed by atoms with van der Waals surface area (Å²) in [6.45, 7) is 0. The molecule has 2 N–H and O–H groups in total. The molecule has 110 valence electrons. The van der Waals surface area contributed by atoms with Crippen molar-refractivity contribution in [2.24, 2.45) is 4.58 Å². The molecule has 2 aromatic rings. The van der Waals surface area contributed by atoms with E-state index in [0.717, 1.165) is 23.2 Å². The van der Waals surface area contributed by atoms with E-state index in [1.165, 1.54) is 11.3 Å². The number of carboxylic acid groups (broad SMARTS) is 1. The average Bonchev–Trinajstić information content (AvgIpc) is 2.96. The molecule has 0 aliphatic carbocycles. The van der Waals surface area contributed by atoms with E-state index in [9.17, 15) is 9.70 Å². The highest BCUT2D eigenvalue weighted by Gasteiger charge is 2.18. The normalized spacial score (nSPS) is 11.8. The van der Waals surface area contributed by atoms with Crippen LogP contribution >= 0.6 is 23.3 Å². The van der Waals surface area contributed by atoms with Gasteiger partial charge in [-0.1, -0.05) is 30.3 Å². The molecule has 0 aliphatic rings. The van der Waals surface area contributed by atoms with Crippen molar-refractivity contribution >= 4 is 34.4 Å². The number of carbonyl (C=O) groups is 1. The Hall–Kier alpha value is -1.93. The van der Waals surface area contributed by atoms with Crippen LogP contribution in [0.5, 0.6) is 0 Å². The number of benzene rings is 1. The molecule has 0 amide bonds. The van der Waals surface area contributed by atoms with Crippen molar-refractivity contribution in [3.05, 3.63) is 40.6 Å². The van der Waals surface area contributed by atoms with Gasteiger partial charge in [-0.2, -0.15) is 0 Å². The third-order valence-electron chi connectivity index (χ3n) is 2.72. The number of nitrogens with zero attached hydrogens (tertiary/aromatic N) is 2. The highest BCUT2D eigenvalue weighted by atomic mass is 32.2. The smallest absolute Gasteiger partial charge is 0.326 e. The molecule has 0 saturated heterocycles. The largest absolute Gasteiger partial charge is 0.480 e. The topological polar surface area (TPSA) is 91.7 Å². The van der Waals surface area contributed by atoms with Crippen LogP contribution in [0.1, 0.15) is 6.42 Å². The fraction of sp³-hybridized carbons (Fsp3) is 0.231. The fourth-order valence-electron chi connectivity index (χ4n) is 1.70. The first-order valence-electron chi connectivity index (χ1n) is 6.15. The lowest BCUT2D eigenvalue weighted by molar-refractivity contribution is -0.137. The lowest BCUT2D eigenvalue weighted by atomic mass is 10.2. The van der Waals surface area contributed by atoms with Crippen molar-refractivity contribution in [3.63, 3.8) is 0 Å². The van der Waals surface area contributed by atoms with Gasteiger partial charge in [0.2, 0.25) is 0 Å². The summed E-state index contributed by atoms with van der Waals surface area (Å²) in [4.78, 5) is 25.6. The third-order valence-corrected chi connectivity index (χ3v) is 4.02. The SMILES string of the molecule is O=NSCCC(Nc1nc(-c2ccccc2)cs1)C(=O)O. The lowest BCUT2D eigenvalue weighted by Crippen LogP contribution is -2.29. The molecule has 6 nitrogen and oxygen atoms in total. The van der Waals surface area contributed by atoms with Crippen LogP contribution in [0.2, 0.25) is 0 Å². The number of aromatic nitrogens is 1. The number of anilines is 1. The van der Waals surface area contributed by atoms with Gasteiger partial charge in [0, 0.05) is 33.2 Å². The number of hydrogen-bond acceptors (Lipinski definition) is 7. The van der Waals surface area contributed by atoms with Crippen LogP contribution in [0.15, 0.2) is 40.3 Å². The minimum absolute atomic E-state index is 0.298. The molecule has 2 rings (SSSR count). The summed E-state index contributed by atoms with van der Waals surface area (Å²) in [5, 5.41) is 14.5. The lowest BCUT2D eigenvalue weighted by Gasteiger charge is -2.11. The van der Waals surface area contributed by atoms with Crippen LogP contribution in [0.3, 0.4) is 0 Å². The molecule has 0 bridgehead atoms. The Labute approximate surface area is 129 Å². The second kappa shape index (κ2) is 7.75. The Balaban J connectivity index is 2.03. The van der Waals surface area contributed by atoms with Crippen LogP contribution in [0.4, 0.5) is 5.13 Å². The van der Waals surface area contributed by atoms with Crippen LogP contribution in [0, 0.1) is 4.91 Å². The van der Waals surface area contributed by atoms with Gasteiger partial charge >= 0.3 is 5.97 Å². The van der Waals surface area contributed by atoms with Crippen LogP contribution in [0.25, 0.3) is 11.3 Å². The van der Waals surface area contributed by atoms with Crippen molar-refractivity contribution in [1.82, 2.24) is 4.98 Å². The zero-order valence-corrected chi connectivity index (χ0v) is 12.6. The van der Waals surface area contributed by atoms with Crippen LogP contribution < -0.4 is 5.32 Å². The van der Waals surface area contributed by atoms with Crippen molar-refractivity contribution in [2.45, 2.75) is 12.5 Å². The molecule has 1 heterocycles. The van der Waals surface area contributed by atoms with Gasteiger partial charge in [-0.25, -0.2) is 9.78 Å². The molecule has 0 radical (unpaired) electrons. The Morgan fingerprint density at radius 1 is 1.43 bits per heavy atom. The van der Waals surface area contributed by atoms with E-state index < -0.39 is 12.0 Å². The molecule has 0 fully saturated rings. The van der Waals surface area contributed by atoms with E-state index in [1.807, 2.05) is 35.7 Å². The number of nitroso groups, excluding NO2 is 1. The monoisotopic (exact) mass is 323 g/mol. The maximum absolute atomic E-state index is 11.2. The molecular weight excluding hydrogens is 310 g/mol. The van der Waals surface area contributed by atoms with Gasteiger partial charge in [-0.05, 0) is 6.42 Å². The minimum atomic E-state index is -0.974. The zero-order valence-electron chi connectivity index (χ0n) is 10.9. The van der Waals surface area contributed by atoms with E-state index in [2.05, 4.69) is 14.9 Å². The molecule has 1 aromatic heterocycles. The molecule has 0 saturated carbocycles. The molecule has 21 heavy (non-hydrogen) atoms. The second-order valence-electron chi connectivity index (χ2n) is 4.14. The highest BCUT2D eigenvalue weighted by molar-refractivity contribution is 7.97. The van der Waals surface area contributed by atoms with E-state index in [4.69, 9.17) is 5.11 Å². The van der Waals surface area contributed by atoms with Gasteiger partial charge in [0.25, 0.3) is 0 Å². The third kappa shape index (κ3) is 4.54. The summed E-state index contributed by atoms with van der Waals surface area (Å²) in [6, 6.07) is 8.87. The van der Waals surface area contributed by atoms with Gasteiger partial charge in [-0.15, -0.1) is 16.2 Å². The van der Waals surface area contributed by atoms with E-state index in [0.29, 0.717) is 17.3 Å². The first-order valence-corrected chi connectivity index (χ1v) is 7.98. The van der Waals surface area contributed by atoms with Gasteiger partial charge in [0.15, 0.2) is 5.13 Å². The number of aliphatic carboxylic acids is 1. The molecule has 8 heteroatoms. The summed E-state index contributed by atoms with van der Waals surface area (Å²) in [5.74, 6) is -0.623. The summed E-state index contributed by atoms with van der Waals surface area (Å²) in [7, 11) is 0. The Bertz CT molecular complexity index is 604. The Kier molecular flexibility index (Phi) is 5.70. The second-order valence-corrected chi connectivity index (χ2v) is 5.81. The maximum atomic E-state index is 11.2. The Morgan fingerprint density at radius 3 is 2.86 bits per heavy atom. The zero-order chi connectivity index (χ0) is 15.1. The van der Waals surface area contributed by atoms with Gasteiger partial charge < -0.3 is 10.4 Å². The first kappa shape index (κ1) is 15.5. The molecule has 0 aliphatic heterocycles. The van der Waals surface area contributed by atoms with Gasteiger partial charge in [0.05, 0.1) is 5.69 Å². The fourth-order valence-corrected chi connectivity index (χ4v) is 2.88. The maximum Gasteiger partial charge on any atom is 0.326 e. The van der Waals surface area contributed by atoms with Gasteiger partial charge in [0.1, 0.15) is 6.04 Å². The van der Waals surface area contributed by atoms with E-state index in [-0.39, 0.29) is 0 Å². The Morgan fingerprint density at radius 2 is 2.19 bits per heavy atom. The summed E-state index contributed by atoms with van der Waals surface area (Å²) < 4.78 is 2.65. The number of rotatable bonds is 8. The number of hydrogen-bond donors (Lipinski definition) is 2. The molecule has 1 atom stereocenters. The van der Waals surface area contributed by atoms with Crippen LogP contribution in [-0.4, -0.2) is 27.9 Å². The first-order chi connectivity index (χ1) is 10.2. The highest BCUT2D eigenvalue weighted by Crippen LogP contribution is 2.25. The van der Waals surface area contributed by atoms with E-state index >= 15 is 0 Å². The van der Waals surface area contributed by atoms with Crippen molar-refractivity contribution in [2.75, 3.05) is 11.1 Å². The standard InChI is InChI=1S/C13H13N3O3S2/c17-12(18)10(6-7-21-16-19)14-13-15-11(8-20-13)9-4-2-1-3-5-9/h1-5,8,10H,6-7H2,(H,14,15)(H,17,18). The molecule has 0 spiro atoms. The quantitative estimate of drug-likeness (QED) is 0.439. The molecule has 1 unspecified atom stereocenters. The molecule has 1 aromatic carbocycles. The number of nitrogens with one attached hydrogen (secondary N) is 1. The predicted octanol–water partition coefficient (Wildman–Crippen LogP) is 3.48. The van der Waals surface area contributed by atoms with Crippen molar-refractivity contribution in [1.29, 1.82) is 0 Å².